The third kappa shape index (κ3) is 3.86. The fourth-order valence-corrected chi connectivity index (χ4v) is 5.27. The van der Waals surface area contributed by atoms with Crippen LogP contribution in [0.2, 0.25) is 0 Å². The van der Waals surface area contributed by atoms with Crippen LogP contribution in [0.5, 0.6) is 0 Å². The third-order valence-corrected chi connectivity index (χ3v) is 7.23. The topological polar surface area (TPSA) is 30.7 Å². The van der Waals surface area contributed by atoms with Crippen LogP contribution in [-0.2, 0) is 7.05 Å². The molecular weight excluding hydrogens is 462 g/mol. The summed E-state index contributed by atoms with van der Waals surface area (Å²) in [6.45, 7) is 0. The molecule has 180 valence electrons. The normalized spacial score (nSPS) is 11.3. The molecule has 3 nitrogen and oxygen atoms in total. The Labute approximate surface area is 221 Å². The smallest absolute Gasteiger partial charge is 0.0709 e. The van der Waals surface area contributed by atoms with Crippen molar-refractivity contribution < 1.29 is 0 Å². The molecule has 3 heterocycles. The summed E-state index contributed by atoms with van der Waals surface area (Å²) < 4.78 is 2.26. The lowest BCUT2D eigenvalue weighted by Crippen LogP contribution is -1.89. The summed E-state index contributed by atoms with van der Waals surface area (Å²) in [5.74, 6) is 0. The third-order valence-electron chi connectivity index (χ3n) is 7.23. The highest BCUT2D eigenvalue weighted by Gasteiger charge is 2.13. The molecule has 0 aliphatic carbocycles. The number of aromatic nitrogens is 3. The average molecular weight is 488 g/mol. The molecule has 0 N–H and O–H groups in total. The minimum absolute atomic E-state index is 0.971. The van der Waals surface area contributed by atoms with Crippen LogP contribution in [-0.4, -0.2) is 14.5 Å². The molecule has 0 saturated heterocycles. The Hall–Kier alpha value is -5.02. The van der Waals surface area contributed by atoms with E-state index in [-0.39, 0.29) is 0 Å². The number of hydrogen-bond donors (Lipinski definition) is 0. The van der Waals surface area contributed by atoms with Gasteiger partial charge in [-0.25, -0.2) is 9.97 Å². The van der Waals surface area contributed by atoms with Crippen molar-refractivity contribution in [1.29, 1.82) is 0 Å². The van der Waals surface area contributed by atoms with Crippen LogP contribution in [0.15, 0.2) is 133 Å². The van der Waals surface area contributed by atoms with Crippen LogP contribution in [0.3, 0.4) is 0 Å². The molecule has 0 atom stereocenters. The predicted molar refractivity (Wildman–Crippen MR) is 158 cm³/mol. The highest BCUT2D eigenvalue weighted by Crippen LogP contribution is 2.35. The van der Waals surface area contributed by atoms with Gasteiger partial charge in [0.2, 0.25) is 0 Å². The van der Waals surface area contributed by atoms with Crippen LogP contribution < -0.4 is 0 Å². The summed E-state index contributed by atoms with van der Waals surface area (Å²) in [6.07, 6.45) is 0. The lowest BCUT2D eigenvalue weighted by atomic mass is 10.0. The van der Waals surface area contributed by atoms with E-state index in [1.165, 1.54) is 21.8 Å². The molecule has 7 rings (SSSR count). The molecule has 0 fully saturated rings. The van der Waals surface area contributed by atoms with Crippen molar-refractivity contribution in [3.8, 4) is 45.0 Å². The Kier molecular flexibility index (Phi) is 5.33. The molecule has 7 aromatic rings. The second-order valence-electron chi connectivity index (χ2n) is 9.57. The standard InChI is InChI=1S/C35H25N3/c1-38-34-20-18-26(32-16-8-14-30(36-32)24-10-4-2-5-11-24)22-28(34)29-23-27(19-21-35(29)38)33-17-9-15-31(37-33)25-12-6-3-7-13-25/h2-23H,1H3. The van der Waals surface area contributed by atoms with Crippen molar-refractivity contribution in [2.45, 2.75) is 0 Å². The van der Waals surface area contributed by atoms with Gasteiger partial charge in [0.25, 0.3) is 0 Å². The SMILES string of the molecule is Cn1c2ccc(-c3cccc(-c4ccccc4)n3)cc2c2cc(-c3cccc(-c4ccccc4)n3)ccc21. The molecule has 0 saturated carbocycles. The van der Waals surface area contributed by atoms with Crippen LogP contribution in [0.1, 0.15) is 0 Å². The first-order chi connectivity index (χ1) is 18.7. The highest BCUT2D eigenvalue weighted by atomic mass is 14.9. The zero-order valence-corrected chi connectivity index (χ0v) is 21.0. The average Bonchev–Trinajstić information content (AvgIpc) is 3.28. The highest BCUT2D eigenvalue weighted by molar-refractivity contribution is 6.10. The number of benzene rings is 4. The first kappa shape index (κ1) is 22.2. The largest absolute Gasteiger partial charge is 0.344 e. The monoisotopic (exact) mass is 487 g/mol. The van der Waals surface area contributed by atoms with Gasteiger partial charge in [-0.05, 0) is 48.5 Å². The Balaban J connectivity index is 1.34. The fraction of sp³-hybridized carbons (Fsp3) is 0.0286. The Morgan fingerprint density at radius 1 is 0.395 bits per heavy atom. The zero-order chi connectivity index (χ0) is 25.5. The van der Waals surface area contributed by atoms with Crippen molar-refractivity contribution in [3.63, 3.8) is 0 Å². The number of nitrogens with zero attached hydrogens (tertiary/aromatic N) is 3. The van der Waals surface area contributed by atoms with Gasteiger partial charge in [-0.1, -0.05) is 84.9 Å². The van der Waals surface area contributed by atoms with E-state index in [0.29, 0.717) is 0 Å². The number of fused-ring (bicyclic) bond motifs is 3. The number of rotatable bonds is 4. The molecule has 0 unspecified atom stereocenters. The molecule has 0 spiro atoms. The van der Waals surface area contributed by atoms with E-state index >= 15 is 0 Å². The second kappa shape index (κ2) is 9.13. The van der Waals surface area contributed by atoms with Crippen molar-refractivity contribution in [1.82, 2.24) is 14.5 Å². The summed E-state index contributed by atoms with van der Waals surface area (Å²) in [7, 11) is 2.13. The summed E-state index contributed by atoms with van der Waals surface area (Å²) in [5.41, 5.74) is 10.8. The lowest BCUT2D eigenvalue weighted by Gasteiger charge is -2.06. The van der Waals surface area contributed by atoms with E-state index in [4.69, 9.17) is 9.97 Å². The van der Waals surface area contributed by atoms with Gasteiger partial charge in [-0.15, -0.1) is 0 Å². The van der Waals surface area contributed by atoms with Gasteiger partial charge in [0.1, 0.15) is 0 Å². The van der Waals surface area contributed by atoms with Crippen LogP contribution >= 0.6 is 0 Å². The van der Waals surface area contributed by atoms with Gasteiger partial charge in [-0.3, -0.25) is 0 Å². The van der Waals surface area contributed by atoms with Crippen LogP contribution in [0.25, 0.3) is 66.8 Å². The van der Waals surface area contributed by atoms with Gasteiger partial charge in [0.15, 0.2) is 0 Å². The molecule has 3 heteroatoms. The van der Waals surface area contributed by atoms with E-state index in [2.05, 4.69) is 109 Å². The predicted octanol–water partition coefficient (Wildman–Crippen LogP) is 8.79. The van der Waals surface area contributed by atoms with Gasteiger partial charge in [0.05, 0.1) is 22.8 Å². The first-order valence-electron chi connectivity index (χ1n) is 12.8. The minimum atomic E-state index is 0.971. The number of aryl methyl sites for hydroxylation is 1. The van der Waals surface area contributed by atoms with Crippen LogP contribution in [0.4, 0.5) is 0 Å². The number of pyridine rings is 2. The quantitative estimate of drug-likeness (QED) is 0.248. The maximum Gasteiger partial charge on any atom is 0.0709 e. The summed E-state index contributed by atoms with van der Waals surface area (Å²) in [6, 6.07) is 46.4. The second-order valence-corrected chi connectivity index (χ2v) is 9.57. The Morgan fingerprint density at radius 3 is 1.21 bits per heavy atom. The molecule has 0 aliphatic rings. The molecule has 3 aromatic heterocycles. The number of hydrogen-bond acceptors (Lipinski definition) is 2. The zero-order valence-electron chi connectivity index (χ0n) is 21.0. The van der Waals surface area contributed by atoms with Crippen LogP contribution in [0, 0.1) is 0 Å². The fourth-order valence-electron chi connectivity index (χ4n) is 5.27. The minimum Gasteiger partial charge on any atom is -0.344 e. The molecular formula is C35H25N3. The summed E-state index contributed by atoms with van der Waals surface area (Å²) in [4.78, 5) is 9.99. The lowest BCUT2D eigenvalue weighted by molar-refractivity contribution is 1.01. The van der Waals surface area contributed by atoms with E-state index < -0.39 is 0 Å². The van der Waals surface area contributed by atoms with Crippen molar-refractivity contribution in [2.24, 2.45) is 7.05 Å². The summed E-state index contributed by atoms with van der Waals surface area (Å²) >= 11 is 0. The van der Waals surface area contributed by atoms with Crippen molar-refractivity contribution in [2.75, 3.05) is 0 Å². The molecule has 4 aromatic carbocycles. The van der Waals surface area contributed by atoms with E-state index in [1.807, 2.05) is 36.4 Å². The van der Waals surface area contributed by atoms with Crippen molar-refractivity contribution >= 4 is 21.8 Å². The van der Waals surface area contributed by atoms with Gasteiger partial charge in [-0.2, -0.15) is 0 Å². The van der Waals surface area contributed by atoms with E-state index in [9.17, 15) is 0 Å². The van der Waals surface area contributed by atoms with E-state index in [0.717, 1.165) is 45.0 Å². The maximum absolute atomic E-state index is 4.99. The molecule has 0 aliphatic heterocycles. The van der Waals surface area contributed by atoms with Gasteiger partial charge < -0.3 is 4.57 Å². The molecule has 38 heavy (non-hydrogen) atoms. The molecule has 0 amide bonds. The summed E-state index contributed by atoms with van der Waals surface area (Å²) in [5, 5.41) is 2.43. The maximum atomic E-state index is 4.99. The van der Waals surface area contributed by atoms with E-state index in [1.54, 1.807) is 0 Å². The van der Waals surface area contributed by atoms with Crippen molar-refractivity contribution in [3.05, 3.63) is 133 Å². The first-order valence-corrected chi connectivity index (χ1v) is 12.8. The molecule has 0 radical (unpaired) electrons. The van der Waals surface area contributed by atoms with Gasteiger partial charge in [0, 0.05) is 51.1 Å². The van der Waals surface area contributed by atoms with Gasteiger partial charge >= 0.3 is 0 Å². The molecule has 0 bridgehead atoms. The Morgan fingerprint density at radius 2 is 0.789 bits per heavy atom. The Bertz CT molecular complexity index is 1780.